The van der Waals surface area contributed by atoms with Gasteiger partial charge >= 0.3 is 5.97 Å². The van der Waals surface area contributed by atoms with Crippen molar-refractivity contribution in [2.24, 2.45) is 0 Å². The van der Waals surface area contributed by atoms with Crippen LogP contribution in [0.4, 0.5) is 0 Å². The van der Waals surface area contributed by atoms with Gasteiger partial charge in [-0.15, -0.1) is 0 Å². The number of hydrogen-bond acceptors (Lipinski definition) is 5. The lowest BCUT2D eigenvalue weighted by Crippen LogP contribution is -2.51. The Kier molecular flexibility index (Phi) is 7.72. The van der Waals surface area contributed by atoms with Gasteiger partial charge in [0.2, 0.25) is 10.0 Å². The zero-order valence-corrected chi connectivity index (χ0v) is 18.7. The van der Waals surface area contributed by atoms with E-state index in [9.17, 15) is 18.0 Å². The number of benzene rings is 2. The maximum Gasteiger partial charge on any atom is 0.331 e. The summed E-state index contributed by atoms with van der Waals surface area (Å²) in [6.07, 6.45) is 2.69. The maximum absolute atomic E-state index is 12.6. The summed E-state index contributed by atoms with van der Waals surface area (Å²) in [5.41, 5.74) is 0.661. The number of piperazine rings is 1. The molecule has 0 N–H and O–H groups in total. The first-order valence-electron chi connectivity index (χ1n) is 9.40. The van der Waals surface area contributed by atoms with E-state index in [1.54, 1.807) is 36.4 Å². The summed E-state index contributed by atoms with van der Waals surface area (Å²) >= 11 is 11.8. The van der Waals surface area contributed by atoms with Crippen molar-refractivity contribution in [1.29, 1.82) is 0 Å². The molecule has 0 bridgehead atoms. The van der Waals surface area contributed by atoms with Gasteiger partial charge in [0, 0.05) is 32.3 Å². The van der Waals surface area contributed by atoms with Gasteiger partial charge in [-0.05, 0) is 35.9 Å². The van der Waals surface area contributed by atoms with Crippen LogP contribution in [0.25, 0.3) is 6.08 Å². The SMILES string of the molecule is O=C(/C=C/c1ccc(Cl)c(Cl)c1)OCC(=O)N1CCN(S(=O)(=O)c2ccccc2)CC1. The van der Waals surface area contributed by atoms with Crippen molar-refractivity contribution in [2.45, 2.75) is 4.90 Å². The van der Waals surface area contributed by atoms with Crippen LogP contribution in [-0.4, -0.2) is 62.3 Å². The number of ether oxygens (including phenoxy) is 1. The molecule has 1 aliphatic rings. The number of esters is 1. The topological polar surface area (TPSA) is 84.0 Å². The summed E-state index contributed by atoms with van der Waals surface area (Å²) in [6, 6.07) is 13.0. The Bertz CT molecular complexity index is 1080. The largest absolute Gasteiger partial charge is 0.452 e. The molecule has 1 fully saturated rings. The van der Waals surface area contributed by atoms with Crippen LogP contribution < -0.4 is 0 Å². The Morgan fingerprint density at radius 1 is 0.968 bits per heavy atom. The molecule has 2 aromatic carbocycles. The van der Waals surface area contributed by atoms with Crippen LogP contribution in [0.1, 0.15) is 5.56 Å². The molecule has 3 rings (SSSR count). The molecule has 0 radical (unpaired) electrons. The quantitative estimate of drug-likeness (QED) is 0.466. The van der Waals surface area contributed by atoms with Gasteiger partial charge in [-0.2, -0.15) is 4.31 Å². The molecule has 1 saturated heterocycles. The van der Waals surface area contributed by atoms with E-state index in [1.165, 1.54) is 33.5 Å². The molecule has 0 aliphatic carbocycles. The highest BCUT2D eigenvalue weighted by Crippen LogP contribution is 2.23. The summed E-state index contributed by atoms with van der Waals surface area (Å²) in [5.74, 6) is -1.06. The number of halogens is 2. The Morgan fingerprint density at radius 3 is 2.29 bits per heavy atom. The zero-order valence-electron chi connectivity index (χ0n) is 16.4. The Balaban J connectivity index is 1.47. The van der Waals surface area contributed by atoms with Gasteiger partial charge < -0.3 is 9.64 Å². The van der Waals surface area contributed by atoms with Crippen molar-refractivity contribution in [3.8, 4) is 0 Å². The molecule has 10 heteroatoms. The predicted molar refractivity (Wildman–Crippen MR) is 118 cm³/mol. The fourth-order valence-electron chi connectivity index (χ4n) is 2.97. The number of carbonyl (C=O) groups is 2. The van der Waals surface area contributed by atoms with Gasteiger partial charge in [0.15, 0.2) is 6.61 Å². The standard InChI is InChI=1S/C21H20Cl2N2O5S/c22-18-8-6-16(14-19(18)23)7-9-21(27)30-15-20(26)24-10-12-25(13-11-24)31(28,29)17-4-2-1-3-5-17/h1-9,14H,10-13,15H2/b9-7+. The van der Waals surface area contributed by atoms with Crippen LogP contribution in [0.2, 0.25) is 10.0 Å². The minimum Gasteiger partial charge on any atom is -0.452 e. The first-order chi connectivity index (χ1) is 14.8. The first kappa shape index (κ1) is 23.3. The molecule has 0 unspecified atom stereocenters. The third-order valence-electron chi connectivity index (χ3n) is 4.67. The highest BCUT2D eigenvalue weighted by atomic mass is 35.5. The van der Waals surface area contributed by atoms with Crippen molar-refractivity contribution in [3.63, 3.8) is 0 Å². The molecular weight excluding hydrogens is 463 g/mol. The predicted octanol–water partition coefficient (Wildman–Crippen LogP) is 3.08. The fourth-order valence-corrected chi connectivity index (χ4v) is 4.72. The average Bonchev–Trinajstić information content (AvgIpc) is 2.79. The third kappa shape index (κ3) is 6.07. The van der Waals surface area contributed by atoms with Crippen LogP contribution in [0.3, 0.4) is 0 Å². The van der Waals surface area contributed by atoms with Gasteiger partial charge in [-0.3, -0.25) is 4.79 Å². The molecule has 7 nitrogen and oxygen atoms in total. The number of hydrogen-bond donors (Lipinski definition) is 0. The molecule has 2 aromatic rings. The van der Waals surface area contributed by atoms with Gasteiger partial charge in [0.05, 0.1) is 14.9 Å². The van der Waals surface area contributed by atoms with E-state index in [0.717, 1.165) is 0 Å². The Labute approximate surface area is 190 Å². The molecule has 0 saturated carbocycles. The lowest BCUT2D eigenvalue weighted by atomic mass is 10.2. The smallest absolute Gasteiger partial charge is 0.331 e. The van der Waals surface area contributed by atoms with Crippen LogP contribution in [0.5, 0.6) is 0 Å². The second kappa shape index (κ2) is 10.3. The monoisotopic (exact) mass is 482 g/mol. The molecule has 0 spiro atoms. The van der Waals surface area contributed by atoms with Crippen molar-refractivity contribution >= 4 is 51.2 Å². The lowest BCUT2D eigenvalue weighted by Gasteiger charge is -2.33. The molecule has 1 amide bonds. The number of rotatable bonds is 6. The summed E-state index contributed by atoms with van der Waals surface area (Å²) in [4.78, 5) is 25.9. The van der Waals surface area contributed by atoms with E-state index in [2.05, 4.69) is 0 Å². The minimum atomic E-state index is -3.59. The van der Waals surface area contributed by atoms with Crippen molar-refractivity contribution < 1.29 is 22.7 Å². The van der Waals surface area contributed by atoms with Crippen LogP contribution in [0.15, 0.2) is 59.5 Å². The summed E-state index contributed by atoms with van der Waals surface area (Å²) in [5, 5.41) is 0.768. The second-order valence-corrected chi connectivity index (χ2v) is 9.46. The molecule has 31 heavy (non-hydrogen) atoms. The highest BCUT2D eigenvalue weighted by Gasteiger charge is 2.30. The van der Waals surface area contributed by atoms with Gasteiger partial charge in [0.25, 0.3) is 5.91 Å². The first-order valence-corrected chi connectivity index (χ1v) is 11.6. The van der Waals surface area contributed by atoms with Crippen LogP contribution in [0, 0.1) is 0 Å². The van der Waals surface area contributed by atoms with Gasteiger partial charge in [-0.1, -0.05) is 47.5 Å². The summed E-state index contributed by atoms with van der Waals surface area (Å²) < 4.78 is 31.6. The average molecular weight is 483 g/mol. The number of sulfonamides is 1. The third-order valence-corrected chi connectivity index (χ3v) is 7.32. The number of carbonyl (C=O) groups excluding carboxylic acids is 2. The normalized spacial score (nSPS) is 15.2. The van der Waals surface area contributed by atoms with E-state index < -0.39 is 22.6 Å². The van der Waals surface area contributed by atoms with Gasteiger partial charge in [-0.25, -0.2) is 13.2 Å². The highest BCUT2D eigenvalue weighted by molar-refractivity contribution is 7.89. The van der Waals surface area contributed by atoms with E-state index in [0.29, 0.717) is 15.6 Å². The number of nitrogens with zero attached hydrogens (tertiary/aromatic N) is 2. The zero-order chi connectivity index (χ0) is 22.4. The van der Waals surface area contributed by atoms with Crippen molar-refractivity contribution in [2.75, 3.05) is 32.8 Å². The van der Waals surface area contributed by atoms with E-state index in [-0.39, 0.29) is 37.0 Å². The van der Waals surface area contributed by atoms with Crippen molar-refractivity contribution in [1.82, 2.24) is 9.21 Å². The summed E-state index contributed by atoms with van der Waals surface area (Å²) in [7, 11) is -3.59. The summed E-state index contributed by atoms with van der Waals surface area (Å²) in [6.45, 7) is 0.376. The Morgan fingerprint density at radius 2 is 1.65 bits per heavy atom. The van der Waals surface area contributed by atoms with E-state index in [4.69, 9.17) is 27.9 Å². The molecule has 164 valence electrons. The maximum atomic E-state index is 12.6. The molecule has 1 aliphatic heterocycles. The number of amides is 1. The van der Waals surface area contributed by atoms with E-state index in [1.807, 2.05) is 0 Å². The fraction of sp³-hybridized carbons (Fsp3) is 0.238. The second-order valence-electron chi connectivity index (χ2n) is 6.71. The molecule has 0 atom stereocenters. The van der Waals surface area contributed by atoms with E-state index >= 15 is 0 Å². The molecule has 0 aromatic heterocycles. The minimum absolute atomic E-state index is 0.175. The van der Waals surface area contributed by atoms with Crippen LogP contribution >= 0.6 is 23.2 Å². The Hall–Kier alpha value is -2.39. The van der Waals surface area contributed by atoms with Gasteiger partial charge in [0.1, 0.15) is 0 Å². The molecule has 1 heterocycles. The van der Waals surface area contributed by atoms with Crippen LogP contribution in [-0.2, 0) is 24.3 Å². The molecular formula is C21H20Cl2N2O5S. The lowest BCUT2D eigenvalue weighted by molar-refractivity contribution is -0.148. The van der Waals surface area contributed by atoms with Crippen molar-refractivity contribution in [3.05, 3.63) is 70.2 Å².